The number of rotatable bonds is 2. The molecule has 4 aromatic rings. The molecular weight excluding hydrogens is 392 g/mol. The van der Waals surface area contributed by atoms with Crippen LogP contribution in [0.15, 0.2) is 53.3 Å². The molecule has 4 rings (SSSR count). The maximum Gasteiger partial charge on any atom is 0.302 e. The van der Waals surface area contributed by atoms with E-state index in [0.29, 0.717) is 10.7 Å². The average molecular weight is 419 g/mol. The molecule has 0 aliphatic carbocycles. The first-order valence-corrected chi connectivity index (χ1v) is 10.8. The second kappa shape index (κ2) is 7.13. The van der Waals surface area contributed by atoms with Crippen molar-refractivity contribution in [3.05, 3.63) is 70.0 Å². The first-order chi connectivity index (χ1) is 14.0. The van der Waals surface area contributed by atoms with Crippen molar-refractivity contribution in [3.8, 4) is 21.8 Å². The highest BCUT2D eigenvalue weighted by molar-refractivity contribution is 7.19. The molecule has 0 aliphatic heterocycles. The lowest BCUT2D eigenvalue weighted by Gasteiger charge is -2.25. The standard InChI is InChI=1S/C24H26N4OS/c1-23(2,3)17-12-16(13-18(14-17)24(4,5)6)20-27-28-21(29)19(25-26-22(28)30-20)15-10-8-7-9-11-15/h7-14H,1-6H3. The first-order valence-electron chi connectivity index (χ1n) is 10.0. The Bertz CT molecular complexity index is 1240. The summed E-state index contributed by atoms with van der Waals surface area (Å²) in [5, 5.41) is 13.9. The minimum Gasteiger partial charge on any atom is -0.265 e. The maximum absolute atomic E-state index is 13.0. The molecule has 154 valence electrons. The molecule has 30 heavy (non-hydrogen) atoms. The van der Waals surface area contributed by atoms with Crippen LogP contribution in [0.2, 0.25) is 0 Å². The van der Waals surface area contributed by atoms with Crippen LogP contribution in [-0.2, 0) is 10.8 Å². The van der Waals surface area contributed by atoms with Crippen LogP contribution >= 0.6 is 11.3 Å². The predicted molar refractivity (Wildman–Crippen MR) is 123 cm³/mol. The fraction of sp³-hybridized carbons (Fsp3) is 0.333. The normalized spacial score (nSPS) is 12.5. The van der Waals surface area contributed by atoms with Crippen molar-refractivity contribution in [1.82, 2.24) is 19.8 Å². The minimum atomic E-state index is -0.253. The molecule has 0 N–H and O–H groups in total. The highest BCUT2D eigenvalue weighted by Gasteiger charge is 2.22. The summed E-state index contributed by atoms with van der Waals surface area (Å²) in [6.45, 7) is 13.2. The summed E-state index contributed by atoms with van der Waals surface area (Å²) in [4.78, 5) is 13.5. The Hall–Kier alpha value is -2.86. The van der Waals surface area contributed by atoms with Gasteiger partial charge in [0.25, 0.3) is 0 Å². The minimum absolute atomic E-state index is 0.00378. The summed E-state index contributed by atoms with van der Waals surface area (Å²) < 4.78 is 1.37. The van der Waals surface area contributed by atoms with Gasteiger partial charge in [0, 0.05) is 11.1 Å². The Balaban J connectivity index is 1.90. The molecule has 0 spiro atoms. The number of benzene rings is 2. The summed E-state index contributed by atoms with van der Waals surface area (Å²) in [5.41, 5.74) is 4.29. The van der Waals surface area contributed by atoms with E-state index in [0.717, 1.165) is 16.1 Å². The zero-order chi connectivity index (χ0) is 21.7. The molecule has 0 saturated carbocycles. The number of fused-ring (bicyclic) bond motifs is 1. The van der Waals surface area contributed by atoms with Gasteiger partial charge in [-0.25, -0.2) is 0 Å². The number of nitrogens with zero attached hydrogens (tertiary/aromatic N) is 4. The van der Waals surface area contributed by atoms with Gasteiger partial charge in [0.1, 0.15) is 5.01 Å². The molecule has 0 atom stereocenters. The topological polar surface area (TPSA) is 60.2 Å². The molecule has 0 saturated heterocycles. The van der Waals surface area contributed by atoms with Crippen LogP contribution in [0.5, 0.6) is 0 Å². The maximum atomic E-state index is 13.0. The van der Waals surface area contributed by atoms with Gasteiger partial charge in [-0.2, -0.15) is 9.61 Å². The van der Waals surface area contributed by atoms with Crippen molar-refractivity contribution < 1.29 is 0 Å². The number of hydrogen-bond donors (Lipinski definition) is 0. The molecule has 0 unspecified atom stereocenters. The molecule has 2 heterocycles. The molecule has 5 nitrogen and oxygen atoms in total. The molecular formula is C24H26N4OS. The summed E-state index contributed by atoms with van der Waals surface area (Å²) in [6.07, 6.45) is 0. The van der Waals surface area contributed by atoms with E-state index in [4.69, 9.17) is 0 Å². The molecule has 0 bridgehead atoms. The third-order valence-corrected chi connectivity index (χ3v) is 6.10. The van der Waals surface area contributed by atoms with Crippen LogP contribution in [0.4, 0.5) is 0 Å². The van der Waals surface area contributed by atoms with Gasteiger partial charge in [0.05, 0.1) is 0 Å². The van der Waals surface area contributed by atoms with Crippen LogP contribution in [0.1, 0.15) is 52.7 Å². The van der Waals surface area contributed by atoms with Crippen molar-refractivity contribution >= 4 is 16.3 Å². The number of hydrogen-bond acceptors (Lipinski definition) is 5. The summed E-state index contributed by atoms with van der Waals surface area (Å²) in [5.74, 6) is 0. The van der Waals surface area contributed by atoms with Gasteiger partial charge in [-0.1, -0.05) is 89.3 Å². The molecule has 2 aromatic carbocycles. The van der Waals surface area contributed by atoms with E-state index in [1.807, 2.05) is 30.3 Å². The van der Waals surface area contributed by atoms with Crippen molar-refractivity contribution in [2.75, 3.05) is 0 Å². The van der Waals surface area contributed by atoms with E-state index in [2.05, 4.69) is 75.0 Å². The van der Waals surface area contributed by atoms with Crippen LogP contribution in [0.3, 0.4) is 0 Å². The molecule has 0 amide bonds. The highest BCUT2D eigenvalue weighted by atomic mass is 32.1. The lowest BCUT2D eigenvalue weighted by molar-refractivity contribution is 0.569. The summed E-state index contributed by atoms with van der Waals surface area (Å²) in [7, 11) is 0. The third-order valence-electron chi connectivity index (χ3n) is 5.15. The van der Waals surface area contributed by atoms with E-state index in [9.17, 15) is 4.79 Å². The van der Waals surface area contributed by atoms with Crippen molar-refractivity contribution in [3.63, 3.8) is 0 Å². The van der Waals surface area contributed by atoms with Crippen molar-refractivity contribution in [2.45, 2.75) is 52.4 Å². The molecule has 0 fully saturated rings. The lowest BCUT2D eigenvalue weighted by atomic mass is 9.79. The van der Waals surface area contributed by atoms with Crippen LogP contribution in [-0.4, -0.2) is 19.8 Å². The second-order valence-electron chi connectivity index (χ2n) is 9.62. The smallest absolute Gasteiger partial charge is 0.265 e. The first kappa shape index (κ1) is 20.4. The van der Waals surface area contributed by atoms with E-state index in [1.54, 1.807) is 0 Å². The molecule has 0 radical (unpaired) electrons. The van der Waals surface area contributed by atoms with Gasteiger partial charge in [-0.05, 0) is 34.1 Å². The van der Waals surface area contributed by atoms with Crippen LogP contribution < -0.4 is 5.56 Å². The third kappa shape index (κ3) is 3.79. The van der Waals surface area contributed by atoms with E-state index in [-0.39, 0.29) is 16.4 Å². The molecule has 2 aromatic heterocycles. The van der Waals surface area contributed by atoms with Gasteiger partial charge in [0.15, 0.2) is 5.69 Å². The summed E-state index contributed by atoms with van der Waals surface area (Å²) in [6, 6.07) is 16.0. The molecule has 0 aliphatic rings. The fourth-order valence-electron chi connectivity index (χ4n) is 3.23. The Morgan fingerprint density at radius 3 is 1.97 bits per heavy atom. The van der Waals surface area contributed by atoms with Gasteiger partial charge in [0.2, 0.25) is 4.96 Å². The summed E-state index contributed by atoms with van der Waals surface area (Å²) >= 11 is 1.39. The zero-order valence-corrected chi connectivity index (χ0v) is 19.0. The highest BCUT2D eigenvalue weighted by Crippen LogP contribution is 2.35. The van der Waals surface area contributed by atoms with Crippen molar-refractivity contribution in [2.24, 2.45) is 0 Å². The SMILES string of the molecule is CC(C)(C)c1cc(-c2nn3c(=O)c(-c4ccccc4)nnc3s2)cc(C(C)(C)C)c1. The van der Waals surface area contributed by atoms with Crippen LogP contribution in [0, 0.1) is 0 Å². The monoisotopic (exact) mass is 418 g/mol. The Kier molecular flexibility index (Phi) is 4.85. The van der Waals surface area contributed by atoms with Crippen LogP contribution in [0.25, 0.3) is 26.8 Å². The number of aromatic nitrogens is 4. The zero-order valence-electron chi connectivity index (χ0n) is 18.2. The van der Waals surface area contributed by atoms with Gasteiger partial charge in [-0.3, -0.25) is 4.79 Å². The van der Waals surface area contributed by atoms with Gasteiger partial charge < -0.3 is 0 Å². The fourth-order valence-corrected chi connectivity index (χ4v) is 4.05. The van der Waals surface area contributed by atoms with Gasteiger partial charge >= 0.3 is 5.56 Å². The average Bonchev–Trinajstić information content (AvgIpc) is 3.13. The lowest BCUT2D eigenvalue weighted by Crippen LogP contribution is -2.19. The van der Waals surface area contributed by atoms with Gasteiger partial charge in [-0.15, -0.1) is 10.2 Å². The predicted octanol–water partition coefficient (Wildman–Crippen LogP) is 5.48. The van der Waals surface area contributed by atoms with E-state index in [1.165, 1.54) is 27.0 Å². The van der Waals surface area contributed by atoms with E-state index < -0.39 is 0 Å². The largest absolute Gasteiger partial charge is 0.302 e. The Morgan fingerprint density at radius 2 is 1.40 bits per heavy atom. The van der Waals surface area contributed by atoms with Crippen molar-refractivity contribution in [1.29, 1.82) is 0 Å². The molecule has 6 heteroatoms. The quantitative estimate of drug-likeness (QED) is 0.433. The Labute approximate surface area is 180 Å². The second-order valence-corrected chi connectivity index (χ2v) is 10.6. The van der Waals surface area contributed by atoms with E-state index >= 15 is 0 Å². The Morgan fingerprint density at radius 1 is 0.800 bits per heavy atom.